The summed E-state index contributed by atoms with van der Waals surface area (Å²) < 4.78 is 0. The molecule has 5 nitrogen and oxygen atoms in total. The van der Waals surface area contributed by atoms with Gasteiger partial charge in [-0.15, -0.1) is 0 Å². The van der Waals surface area contributed by atoms with E-state index in [4.69, 9.17) is 0 Å². The van der Waals surface area contributed by atoms with Gasteiger partial charge in [-0.3, -0.25) is 14.5 Å². The van der Waals surface area contributed by atoms with Crippen LogP contribution in [0.1, 0.15) is 43.0 Å². The SMILES string of the molecule is CCCCNC(=O)CN1CCC(NC(=O)c2ccccc2)CC1. The van der Waals surface area contributed by atoms with Crippen molar-refractivity contribution >= 4 is 11.8 Å². The molecule has 0 atom stereocenters. The molecule has 0 saturated carbocycles. The van der Waals surface area contributed by atoms with Gasteiger partial charge in [-0.25, -0.2) is 0 Å². The molecule has 0 bridgehead atoms. The maximum absolute atomic E-state index is 12.1. The third-order valence-corrected chi connectivity index (χ3v) is 4.18. The lowest BCUT2D eigenvalue weighted by Crippen LogP contribution is -2.47. The molecular formula is C18H27N3O2. The Morgan fingerprint density at radius 2 is 1.87 bits per heavy atom. The Hall–Kier alpha value is -1.88. The number of nitrogens with zero attached hydrogens (tertiary/aromatic N) is 1. The molecule has 0 radical (unpaired) electrons. The van der Waals surface area contributed by atoms with Crippen molar-refractivity contribution in [2.45, 2.75) is 38.6 Å². The molecule has 1 aromatic rings. The predicted octanol–water partition coefficient (Wildman–Crippen LogP) is 1.80. The average molecular weight is 317 g/mol. The third-order valence-electron chi connectivity index (χ3n) is 4.18. The second-order valence-corrected chi connectivity index (χ2v) is 6.09. The maximum Gasteiger partial charge on any atom is 0.251 e. The lowest BCUT2D eigenvalue weighted by atomic mass is 10.0. The van der Waals surface area contributed by atoms with Crippen molar-refractivity contribution in [1.29, 1.82) is 0 Å². The zero-order chi connectivity index (χ0) is 16.5. The molecule has 1 saturated heterocycles. The lowest BCUT2D eigenvalue weighted by Gasteiger charge is -2.31. The Kier molecular flexibility index (Phi) is 7.07. The Morgan fingerprint density at radius 3 is 2.52 bits per heavy atom. The number of rotatable bonds is 7. The predicted molar refractivity (Wildman–Crippen MR) is 91.3 cm³/mol. The molecule has 0 unspecified atom stereocenters. The largest absolute Gasteiger partial charge is 0.355 e. The van der Waals surface area contributed by atoms with E-state index >= 15 is 0 Å². The van der Waals surface area contributed by atoms with E-state index in [1.165, 1.54) is 0 Å². The second-order valence-electron chi connectivity index (χ2n) is 6.09. The Labute approximate surface area is 138 Å². The van der Waals surface area contributed by atoms with Crippen LogP contribution < -0.4 is 10.6 Å². The number of piperidine rings is 1. The van der Waals surface area contributed by atoms with Crippen LogP contribution in [-0.4, -0.2) is 48.9 Å². The van der Waals surface area contributed by atoms with Gasteiger partial charge in [-0.2, -0.15) is 0 Å². The van der Waals surface area contributed by atoms with E-state index in [0.29, 0.717) is 12.1 Å². The van der Waals surface area contributed by atoms with E-state index in [9.17, 15) is 9.59 Å². The first kappa shape index (κ1) is 17.5. The van der Waals surface area contributed by atoms with Gasteiger partial charge in [-0.1, -0.05) is 31.5 Å². The van der Waals surface area contributed by atoms with Gasteiger partial charge in [0, 0.05) is 31.2 Å². The summed E-state index contributed by atoms with van der Waals surface area (Å²) in [6.45, 7) is 5.03. The number of amides is 2. The molecule has 1 aliphatic heterocycles. The van der Waals surface area contributed by atoms with Gasteiger partial charge in [0.1, 0.15) is 0 Å². The quantitative estimate of drug-likeness (QED) is 0.754. The zero-order valence-electron chi connectivity index (χ0n) is 13.9. The molecule has 1 heterocycles. The standard InChI is InChI=1S/C18H27N3O2/c1-2-3-11-19-17(22)14-21-12-9-16(10-13-21)20-18(23)15-7-5-4-6-8-15/h4-8,16H,2-3,9-14H2,1H3,(H,19,22)(H,20,23). The van der Waals surface area contributed by atoms with Gasteiger partial charge in [0.25, 0.3) is 5.91 Å². The molecule has 2 amide bonds. The van der Waals surface area contributed by atoms with Gasteiger partial charge in [0.05, 0.1) is 6.54 Å². The van der Waals surface area contributed by atoms with Crippen LogP contribution in [0.2, 0.25) is 0 Å². The van der Waals surface area contributed by atoms with Crippen LogP contribution in [0.15, 0.2) is 30.3 Å². The van der Waals surface area contributed by atoms with Gasteiger partial charge in [-0.05, 0) is 31.4 Å². The van der Waals surface area contributed by atoms with Crippen LogP contribution >= 0.6 is 0 Å². The molecule has 0 aromatic heterocycles. The fraction of sp³-hybridized carbons (Fsp3) is 0.556. The number of hydrogen-bond acceptors (Lipinski definition) is 3. The molecule has 2 rings (SSSR count). The molecule has 1 aliphatic rings. The number of benzene rings is 1. The number of unbranched alkanes of at least 4 members (excludes halogenated alkanes) is 1. The normalized spacial score (nSPS) is 16.0. The summed E-state index contributed by atoms with van der Waals surface area (Å²) in [5, 5.41) is 6.03. The molecule has 23 heavy (non-hydrogen) atoms. The van der Waals surface area contributed by atoms with E-state index in [-0.39, 0.29) is 17.9 Å². The summed E-state index contributed by atoms with van der Waals surface area (Å²) in [7, 11) is 0. The monoisotopic (exact) mass is 317 g/mol. The fourth-order valence-corrected chi connectivity index (χ4v) is 2.76. The van der Waals surface area contributed by atoms with Crippen molar-refractivity contribution in [3.63, 3.8) is 0 Å². The number of likely N-dealkylation sites (tertiary alicyclic amines) is 1. The van der Waals surface area contributed by atoms with Crippen molar-refractivity contribution in [2.75, 3.05) is 26.2 Å². The van der Waals surface area contributed by atoms with E-state index < -0.39 is 0 Å². The summed E-state index contributed by atoms with van der Waals surface area (Å²) in [5.74, 6) is 0.0894. The molecule has 1 aromatic carbocycles. The highest BCUT2D eigenvalue weighted by molar-refractivity contribution is 5.94. The van der Waals surface area contributed by atoms with Gasteiger partial charge in [0.15, 0.2) is 0 Å². The number of hydrogen-bond donors (Lipinski definition) is 2. The minimum Gasteiger partial charge on any atom is -0.355 e. The Balaban J connectivity index is 1.68. The van der Waals surface area contributed by atoms with E-state index in [2.05, 4.69) is 22.5 Å². The van der Waals surface area contributed by atoms with E-state index in [0.717, 1.165) is 45.3 Å². The maximum atomic E-state index is 12.1. The molecule has 0 aliphatic carbocycles. The summed E-state index contributed by atoms with van der Waals surface area (Å²) in [4.78, 5) is 26.1. The topological polar surface area (TPSA) is 61.4 Å². The zero-order valence-corrected chi connectivity index (χ0v) is 13.9. The fourth-order valence-electron chi connectivity index (χ4n) is 2.76. The Morgan fingerprint density at radius 1 is 1.17 bits per heavy atom. The average Bonchev–Trinajstić information content (AvgIpc) is 2.57. The smallest absolute Gasteiger partial charge is 0.251 e. The summed E-state index contributed by atoms with van der Waals surface area (Å²) in [6.07, 6.45) is 3.90. The van der Waals surface area contributed by atoms with Gasteiger partial charge >= 0.3 is 0 Å². The summed E-state index contributed by atoms with van der Waals surface area (Å²) >= 11 is 0. The number of nitrogens with one attached hydrogen (secondary N) is 2. The van der Waals surface area contributed by atoms with Crippen LogP contribution in [0.5, 0.6) is 0 Å². The lowest BCUT2D eigenvalue weighted by molar-refractivity contribution is -0.122. The Bertz CT molecular complexity index is 496. The molecule has 126 valence electrons. The second kappa shape index (κ2) is 9.30. The number of carbonyl (C=O) groups is 2. The van der Waals surface area contributed by atoms with Crippen molar-refractivity contribution in [3.05, 3.63) is 35.9 Å². The highest BCUT2D eigenvalue weighted by Crippen LogP contribution is 2.11. The van der Waals surface area contributed by atoms with Crippen molar-refractivity contribution in [2.24, 2.45) is 0 Å². The van der Waals surface area contributed by atoms with E-state index in [1.54, 1.807) is 0 Å². The van der Waals surface area contributed by atoms with Crippen LogP contribution in [0.3, 0.4) is 0 Å². The van der Waals surface area contributed by atoms with Crippen LogP contribution in [0, 0.1) is 0 Å². The highest BCUT2D eigenvalue weighted by atomic mass is 16.2. The molecule has 5 heteroatoms. The summed E-state index contributed by atoms with van der Waals surface area (Å²) in [6, 6.07) is 9.49. The number of carbonyl (C=O) groups excluding carboxylic acids is 2. The van der Waals surface area contributed by atoms with Crippen molar-refractivity contribution < 1.29 is 9.59 Å². The highest BCUT2D eigenvalue weighted by Gasteiger charge is 2.22. The van der Waals surface area contributed by atoms with Crippen LogP contribution in [0.25, 0.3) is 0 Å². The third kappa shape index (κ3) is 6.02. The first-order valence-electron chi connectivity index (χ1n) is 8.54. The molecule has 1 fully saturated rings. The molecule has 2 N–H and O–H groups in total. The van der Waals surface area contributed by atoms with Crippen molar-refractivity contribution in [3.8, 4) is 0 Å². The first-order chi connectivity index (χ1) is 11.2. The summed E-state index contributed by atoms with van der Waals surface area (Å²) in [5.41, 5.74) is 0.699. The minimum atomic E-state index is -0.0126. The molecule has 0 spiro atoms. The van der Waals surface area contributed by atoms with Gasteiger partial charge < -0.3 is 10.6 Å². The van der Waals surface area contributed by atoms with E-state index in [1.807, 2.05) is 30.3 Å². The van der Waals surface area contributed by atoms with Crippen LogP contribution in [-0.2, 0) is 4.79 Å². The van der Waals surface area contributed by atoms with Crippen LogP contribution in [0.4, 0.5) is 0 Å². The van der Waals surface area contributed by atoms with Gasteiger partial charge in [0.2, 0.25) is 5.91 Å². The minimum absolute atomic E-state index is 0.0126. The first-order valence-corrected chi connectivity index (χ1v) is 8.54. The molecular weight excluding hydrogens is 290 g/mol. The van der Waals surface area contributed by atoms with Crippen molar-refractivity contribution in [1.82, 2.24) is 15.5 Å².